The molecule has 0 aliphatic heterocycles. The standard InChI is InChI=1S/C37H35N5O2/c1-3-44-26-33-32-25-38-35(40-36(43)39-27(2)28-16-8-4-9-17-28)24-34(32)42(41-33)37(29-18-10-5-11-19-29,30-20-12-6-13-21-30)31-22-14-7-15-23-31/h4-25,27H,3,26H2,1-2H3,(H2,38,39,40,43)/t27-/m1/s1. The van der Waals surface area contributed by atoms with Crippen LogP contribution < -0.4 is 10.6 Å². The highest BCUT2D eigenvalue weighted by Crippen LogP contribution is 2.43. The van der Waals surface area contributed by atoms with Crippen LogP contribution in [-0.2, 0) is 16.9 Å². The van der Waals surface area contributed by atoms with Crippen LogP contribution in [0.2, 0.25) is 0 Å². The van der Waals surface area contributed by atoms with E-state index in [1.165, 1.54) is 0 Å². The summed E-state index contributed by atoms with van der Waals surface area (Å²) in [4.78, 5) is 17.7. The number of carbonyl (C=O) groups is 1. The van der Waals surface area contributed by atoms with Crippen molar-refractivity contribution in [3.8, 4) is 0 Å². The summed E-state index contributed by atoms with van der Waals surface area (Å²) < 4.78 is 7.93. The van der Waals surface area contributed by atoms with Gasteiger partial charge in [-0.2, -0.15) is 5.10 Å². The monoisotopic (exact) mass is 581 g/mol. The van der Waals surface area contributed by atoms with Gasteiger partial charge in [-0.3, -0.25) is 5.32 Å². The van der Waals surface area contributed by atoms with Crippen LogP contribution in [0.1, 0.15) is 47.8 Å². The van der Waals surface area contributed by atoms with Gasteiger partial charge in [0.1, 0.15) is 11.4 Å². The molecule has 0 spiro atoms. The van der Waals surface area contributed by atoms with E-state index in [9.17, 15) is 4.79 Å². The number of amides is 2. The summed E-state index contributed by atoms with van der Waals surface area (Å²) in [6.45, 7) is 4.81. The second-order valence-electron chi connectivity index (χ2n) is 10.6. The highest BCUT2D eigenvalue weighted by Gasteiger charge is 2.41. The first kappa shape index (κ1) is 28.8. The zero-order valence-electron chi connectivity index (χ0n) is 24.9. The molecule has 6 rings (SSSR count). The number of hydrogen-bond donors (Lipinski definition) is 2. The molecule has 0 bridgehead atoms. The van der Waals surface area contributed by atoms with E-state index in [1.54, 1.807) is 6.20 Å². The number of anilines is 1. The van der Waals surface area contributed by atoms with Crippen molar-refractivity contribution in [3.63, 3.8) is 0 Å². The molecule has 2 N–H and O–H groups in total. The zero-order chi connectivity index (χ0) is 30.4. The van der Waals surface area contributed by atoms with Crippen LogP contribution in [0.5, 0.6) is 0 Å². The van der Waals surface area contributed by atoms with E-state index in [4.69, 9.17) is 9.84 Å². The van der Waals surface area contributed by atoms with Gasteiger partial charge in [-0.15, -0.1) is 0 Å². The number of fused-ring (bicyclic) bond motifs is 1. The normalized spacial score (nSPS) is 12.1. The Morgan fingerprint density at radius 1 is 0.818 bits per heavy atom. The second-order valence-corrected chi connectivity index (χ2v) is 10.6. The van der Waals surface area contributed by atoms with Crippen LogP contribution >= 0.6 is 0 Å². The molecular weight excluding hydrogens is 546 g/mol. The van der Waals surface area contributed by atoms with Gasteiger partial charge < -0.3 is 10.1 Å². The van der Waals surface area contributed by atoms with Gasteiger partial charge in [0, 0.05) is 24.3 Å². The Labute approximate surface area is 257 Å². The predicted octanol–water partition coefficient (Wildman–Crippen LogP) is 7.69. The molecule has 0 radical (unpaired) electrons. The number of rotatable bonds is 10. The Morgan fingerprint density at radius 2 is 1.34 bits per heavy atom. The molecule has 0 saturated carbocycles. The van der Waals surface area contributed by atoms with Crippen molar-refractivity contribution >= 4 is 22.8 Å². The minimum Gasteiger partial charge on any atom is -0.375 e. The van der Waals surface area contributed by atoms with Crippen LogP contribution in [0.3, 0.4) is 0 Å². The summed E-state index contributed by atoms with van der Waals surface area (Å²) in [7, 11) is 0. The van der Waals surface area contributed by atoms with E-state index in [-0.39, 0.29) is 12.1 Å². The summed E-state index contributed by atoms with van der Waals surface area (Å²) in [5.41, 5.74) is 4.91. The first-order valence-electron chi connectivity index (χ1n) is 14.9. The number of carbonyl (C=O) groups excluding carboxylic acids is 1. The quantitative estimate of drug-likeness (QED) is 0.163. The molecule has 0 aliphatic carbocycles. The third-order valence-electron chi connectivity index (χ3n) is 7.87. The predicted molar refractivity (Wildman–Crippen MR) is 174 cm³/mol. The number of nitrogens with zero attached hydrogens (tertiary/aromatic N) is 3. The summed E-state index contributed by atoms with van der Waals surface area (Å²) >= 11 is 0. The third kappa shape index (κ3) is 5.57. The van der Waals surface area contributed by atoms with Crippen molar-refractivity contribution in [2.75, 3.05) is 11.9 Å². The molecule has 1 atom stereocenters. The van der Waals surface area contributed by atoms with Crippen LogP contribution in [0.25, 0.3) is 10.9 Å². The summed E-state index contributed by atoms with van der Waals surface area (Å²) in [5, 5.41) is 12.1. The third-order valence-corrected chi connectivity index (χ3v) is 7.87. The largest absolute Gasteiger partial charge is 0.375 e. The van der Waals surface area contributed by atoms with E-state index < -0.39 is 5.54 Å². The van der Waals surface area contributed by atoms with Crippen LogP contribution in [0, 0.1) is 0 Å². The summed E-state index contributed by atoms with van der Waals surface area (Å²) in [5.74, 6) is 0.419. The highest BCUT2D eigenvalue weighted by molar-refractivity contribution is 5.92. The van der Waals surface area contributed by atoms with Crippen molar-refractivity contribution in [1.29, 1.82) is 0 Å². The van der Waals surface area contributed by atoms with Gasteiger partial charge in [-0.05, 0) is 36.1 Å². The maximum Gasteiger partial charge on any atom is 0.320 e. The number of ether oxygens (including phenoxy) is 1. The lowest BCUT2D eigenvalue weighted by Gasteiger charge is -2.37. The molecule has 220 valence electrons. The molecule has 7 heteroatoms. The minimum atomic E-state index is -0.838. The fourth-order valence-corrected chi connectivity index (χ4v) is 5.78. The van der Waals surface area contributed by atoms with Crippen molar-refractivity contribution in [2.24, 2.45) is 0 Å². The Hall–Kier alpha value is -5.27. The van der Waals surface area contributed by atoms with E-state index >= 15 is 0 Å². The van der Waals surface area contributed by atoms with Gasteiger partial charge in [0.05, 0.1) is 23.9 Å². The maximum absolute atomic E-state index is 13.1. The average Bonchev–Trinajstić information content (AvgIpc) is 3.43. The van der Waals surface area contributed by atoms with Gasteiger partial charge in [0.25, 0.3) is 0 Å². The lowest BCUT2D eigenvalue weighted by molar-refractivity contribution is 0.131. The molecule has 0 fully saturated rings. The molecule has 2 aromatic heterocycles. The molecule has 2 amide bonds. The number of aromatic nitrogens is 3. The van der Waals surface area contributed by atoms with E-state index in [0.29, 0.717) is 19.0 Å². The van der Waals surface area contributed by atoms with Gasteiger partial charge in [-0.25, -0.2) is 14.5 Å². The van der Waals surface area contributed by atoms with Gasteiger partial charge >= 0.3 is 6.03 Å². The van der Waals surface area contributed by atoms with Crippen LogP contribution in [0.4, 0.5) is 10.6 Å². The van der Waals surface area contributed by atoms with Crippen LogP contribution in [0.15, 0.2) is 134 Å². The van der Waals surface area contributed by atoms with Crippen LogP contribution in [-0.4, -0.2) is 27.4 Å². The summed E-state index contributed by atoms with van der Waals surface area (Å²) in [6, 6.07) is 42.4. The fraction of sp³-hybridized carbons (Fsp3) is 0.162. The highest BCUT2D eigenvalue weighted by atomic mass is 16.5. The molecule has 2 heterocycles. The minimum absolute atomic E-state index is 0.176. The van der Waals surface area contributed by atoms with Gasteiger partial charge in [0.15, 0.2) is 0 Å². The SMILES string of the molecule is CCOCc1nn(C(c2ccccc2)(c2ccccc2)c2ccccc2)c2cc(NC(=O)N[C@H](C)c3ccccc3)ncc12. The Kier molecular flexibility index (Phi) is 8.48. The Morgan fingerprint density at radius 3 is 1.86 bits per heavy atom. The number of urea groups is 1. The van der Waals surface area contributed by atoms with Crippen molar-refractivity contribution in [1.82, 2.24) is 20.1 Å². The average molecular weight is 582 g/mol. The number of pyridine rings is 1. The number of benzene rings is 4. The zero-order valence-corrected chi connectivity index (χ0v) is 24.9. The topological polar surface area (TPSA) is 81.1 Å². The lowest BCUT2D eigenvalue weighted by atomic mass is 9.77. The first-order valence-corrected chi connectivity index (χ1v) is 14.9. The first-order chi connectivity index (χ1) is 21.6. The molecule has 6 aromatic rings. The smallest absolute Gasteiger partial charge is 0.320 e. The van der Waals surface area contributed by atoms with Crippen molar-refractivity contribution in [2.45, 2.75) is 32.0 Å². The molecule has 4 aromatic carbocycles. The maximum atomic E-state index is 13.1. The number of hydrogen-bond acceptors (Lipinski definition) is 4. The second kappa shape index (κ2) is 12.9. The molecule has 0 aliphatic rings. The van der Waals surface area contributed by atoms with E-state index in [1.807, 2.05) is 68.4 Å². The van der Waals surface area contributed by atoms with Crippen molar-refractivity contribution < 1.29 is 9.53 Å². The van der Waals surface area contributed by atoms with Gasteiger partial charge in [0.2, 0.25) is 0 Å². The lowest BCUT2D eigenvalue weighted by Crippen LogP contribution is -2.38. The molecule has 0 saturated heterocycles. The van der Waals surface area contributed by atoms with Gasteiger partial charge in [-0.1, -0.05) is 121 Å². The molecule has 0 unspecified atom stereocenters. The Balaban J connectivity index is 1.53. The molecule has 44 heavy (non-hydrogen) atoms. The summed E-state index contributed by atoms with van der Waals surface area (Å²) in [6.07, 6.45) is 1.77. The van der Waals surface area contributed by atoms with E-state index in [0.717, 1.165) is 38.9 Å². The van der Waals surface area contributed by atoms with E-state index in [2.05, 4.69) is 93.1 Å². The Bertz CT molecular complexity index is 1730. The van der Waals surface area contributed by atoms with Crippen molar-refractivity contribution in [3.05, 3.63) is 162 Å². The molecule has 7 nitrogen and oxygen atoms in total. The number of nitrogens with one attached hydrogen (secondary N) is 2. The molecular formula is C37H35N5O2. The fourth-order valence-electron chi connectivity index (χ4n) is 5.78.